The van der Waals surface area contributed by atoms with E-state index < -0.39 is 0 Å². The Balaban J connectivity index is 1.72. The minimum Gasteiger partial charge on any atom is -0.312 e. The molecule has 1 saturated carbocycles. The predicted molar refractivity (Wildman–Crippen MR) is 83.6 cm³/mol. The van der Waals surface area contributed by atoms with E-state index in [0.29, 0.717) is 24.9 Å². The lowest BCUT2D eigenvalue weighted by molar-refractivity contribution is -0.118. The van der Waals surface area contributed by atoms with Gasteiger partial charge in [0, 0.05) is 24.9 Å². The third-order valence-corrected chi connectivity index (χ3v) is 4.82. The summed E-state index contributed by atoms with van der Waals surface area (Å²) in [6, 6.07) is 7.55. The number of ketones is 1. The first-order chi connectivity index (χ1) is 10.3. The molecule has 0 spiro atoms. The summed E-state index contributed by atoms with van der Waals surface area (Å²) in [6.07, 6.45) is 8.13. The van der Waals surface area contributed by atoms with Gasteiger partial charge in [0.05, 0.1) is 5.69 Å². The smallest absolute Gasteiger partial charge is 0.227 e. The molecule has 112 valence electrons. The van der Waals surface area contributed by atoms with Crippen LogP contribution in [0.5, 0.6) is 0 Å². The van der Waals surface area contributed by atoms with Gasteiger partial charge in [0.2, 0.25) is 5.91 Å². The predicted octanol–water partition coefficient (Wildman–Crippen LogP) is 3.97. The van der Waals surface area contributed by atoms with E-state index in [9.17, 15) is 9.59 Å². The molecule has 1 aliphatic heterocycles. The molecular formula is C18H23NO2. The second kappa shape index (κ2) is 6.42. The van der Waals surface area contributed by atoms with E-state index in [0.717, 1.165) is 24.4 Å². The summed E-state index contributed by atoms with van der Waals surface area (Å²) in [6.45, 7) is 0.673. The van der Waals surface area contributed by atoms with Crippen LogP contribution in [0.2, 0.25) is 0 Å². The van der Waals surface area contributed by atoms with Crippen molar-refractivity contribution in [2.45, 2.75) is 51.4 Å². The third kappa shape index (κ3) is 3.17. The fourth-order valence-corrected chi connectivity index (χ4v) is 3.62. The quantitative estimate of drug-likeness (QED) is 0.842. The van der Waals surface area contributed by atoms with Crippen LogP contribution >= 0.6 is 0 Å². The van der Waals surface area contributed by atoms with E-state index in [1.165, 1.54) is 25.7 Å². The van der Waals surface area contributed by atoms with Crippen LogP contribution in [0.1, 0.15) is 61.7 Å². The number of anilines is 1. The second-order valence-electron chi connectivity index (χ2n) is 6.28. The van der Waals surface area contributed by atoms with Crippen molar-refractivity contribution >= 4 is 17.4 Å². The van der Waals surface area contributed by atoms with Gasteiger partial charge >= 0.3 is 0 Å². The van der Waals surface area contributed by atoms with E-state index in [1.54, 1.807) is 0 Å². The number of hydrogen-bond donors (Lipinski definition) is 0. The molecule has 1 aromatic rings. The van der Waals surface area contributed by atoms with Crippen molar-refractivity contribution in [2.24, 2.45) is 5.92 Å². The van der Waals surface area contributed by atoms with E-state index >= 15 is 0 Å². The highest BCUT2D eigenvalue weighted by Crippen LogP contribution is 2.30. The number of hydrogen-bond acceptors (Lipinski definition) is 2. The Bertz CT molecular complexity index is 532. The fraction of sp³-hybridized carbons (Fsp3) is 0.556. The van der Waals surface area contributed by atoms with Gasteiger partial charge in [-0.15, -0.1) is 0 Å². The van der Waals surface area contributed by atoms with Gasteiger partial charge in [-0.1, -0.05) is 37.8 Å². The van der Waals surface area contributed by atoms with Crippen molar-refractivity contribution in [2.75, 3.05) is 11.4 Å². The molecule has 1 amide bonds. The number of carbonyl (C=O) groups is 2. The molecule has 3 rings (SSSR count). The van der Waals surface area contributed by atoms with E-state index in [2.05, 4.69) is 0 Å². The number of nitrogens with zero attached hydrogens (tertiary/aromatic N) is 1. The van der Waals surface area contributed by atoms with Crippen LogP contribution in [0.4, 0.5) is 5.69 Å². The van der Waals surface area contributed by atoms with Crippen molar-refractivity contribution in [1.82, 2.24) is 0 Å². The Morgan fingerprint density at radius 3 is 2.71 bits per heavy atom. The molecule has 0 radical (unpaired) electrons. The van der Waals surface area contributed by atoms with Crippen molar-refractivity contribution in [3.63, 3.8) is 0 Å². The van der Waals surface area contributed by atoms with Crippen LogP contribution in [-0.4, -0.2) is 18.2 Å². The number of carbonyl (C=O) groups excluding carboxylic acids is 2. The Hall–Kier alpha value is -1.64. The van der Waals surface area contributed by atoms with Crippen LogP contribution < -0.4 is 4.90 Å². The number of fused-ring (bicyclic) bond motifs is 1. The zero-order valence-electron chi connectivity index (χ0n) is 12.5. The molecule has 1 aliphatic carbocycles. The topological polar surface area (TPSA) is 37.4 Å². The first-order valence-corrected chi connectivity index (χ1v) is 8.18. The average molecular weight is 285 g/mol. The van der Waals surface area contributed by atoms with E-state index in [1.807, 2.05) is 29.2 Å². The lowest BCUT2D eigenvalue weighted by atomic mass is 10.0. The molecule has 0 saturated heterocycles. The van der Waals surface area contributed by atoms with Gasteiger partial charge in [-0.25, -0.2) is 0 Å². The minimum atomic E-state index is 0.164. The first kappa shape index (κ1) is 14.3. The van der Waals surface area contributed by atoms with Gasteiger partial charge in [-0.2, -0.15) is 0 Å². The fourth-order valence-electron chi connectivity index (χ4n) is 3.62. The van der Waals surface area contributed by atoms with Crippen LogP contribution in [0.15, 0.2) is 24.3 Å². The maximum atomic E-state index is 12.6. The average Bonchev–Trinajstić information content (AvgIpc) is 2.96. The number of Topliss-reactive ketones (excluding diaryl/α,β-unsaturated/α-hetero) is 1. The highest BCUT2D eigenvalue weighted by molar-refractivity contribution is 6.06. The second-order valence-corrected chi connectivity index (χ2v) is 6.28. The molecule has 3 nitrogen and oxygen atoms in total. The van der Waals surface area contributed by atoms with Crippen molar-refractivity contribution in [1.29, 1.82) is 0 Å². The summed E-state index contributed by atoms with van der Waals surface area (Å²) in [5.74, 6) is 1.08. The highest BCUT2D eigenvalue weighted by atomic mass is 16.2. The molecule has 1 aromatic carbocycles. The summed E-state index contributed by atoms with van der Waals surface area (Å²) in [7, 11) is 0. The molecule has 1 heterocycles. The molecule has 0 atom stereocenters. The van der Waals surface area contributed by atoms with Gasteiger partial charge in [0.1, 0.15) is 0 Å². The lowest BCUT2D eigenvalue weighted by Crippen LogP contribution is -2.31. The Morgan fingerprint density at radius 1 is 1.14 bits per heavy atom. The van der Waals surface area contributed by atoms with Crippen LogP contribution in [-0.2, 0) is 4.79 Å². The number of rotatable bonds is 3. The summed E-state index contributed by atoms with van der Waals surface area (Å²) < 4.78 is 0. The normalized spacial score (nSPS) is 19.4. The largest absolute Gasteiger partial charge is 0.312 e. The zero-order chi connectivity index (χ0) is 14.7. The minimum absolute atomic E-state index is 0.164. The molecule has 21 heavy (non-hydrogen) atoms. The molecular weight excluding hydrogens is 262 g/mol. The van der Waals surface area contributed by atoms with Crippen molar-refractivity contribution in [3.05, 3.63) is 29.8 Å². The van der Waals surface area contributed by atoms with Gasteiger partial charge < -0.3 is 4.90 Å². The summed E-state index contributed by atoms with van der Waals surface area (Å²) in [5.41, 5.74) is 1.53. The van der Waals surface area contributed by atoms with Crippen molar-refractivity contribution < 1.29 is 9.59 Å². The molecule has 2 aliphatic rings. The van der Waals surface area contributed by atoms with Gasteiger partial charge in [0.25, 0.3) is 0 Å². The highest BCUT2D eigenvalue weighted by Gasteiger charge is 2.25. The molecule has 3 heteroatoms. The molecule has 0 N–H and O–H groups in total. The van der Waals surface area contributed by atoms with Crippen LogP contribution in [0.25, 0.3) is 0 Å². The molecule has 0 aromatic heterocycles. The van der Waals surface area contributed by atoms with Crippen molar-refractivity contribution in [3.8, 4) is 0 Å². The Kier molecular flexibility index (Phi) is 4.37. The number of benzene rings is 1. The Labute approximate surface area is 126 Å². The molecule has 0 unspecified atom stereocenters. The van der Waals surface area contributed by atoms with Gasteiger partial charge in [-0.3, -0.25) is 9.59 Å². The maximum absolute atomic E-state index is 12.6. The van der Waals surface area contributed by atoms with Crippen LogP contribution in [0, 0.1) is 5.92 Å². The van der Waals surface area contributed by atoms with Gasteiger partial charge in [0.15, 0.2) is 5.78 Å². The third-order valence-electron chi connectivity index (χ3n) is 4.82. The first-order valence-electron chi connectivity index (χ1n) is 8.18. The number of para-hydroxylation sites is 1. The standard InChI is InChI=1S/C18H23NO2/c20-17-10-5-13-19(16-9-4-3-8-15(16)17)18(21)12-11-14-6-1-2-7-14/h3-4,8-9,14H,1-2,5-7,10-13H2. The summed E-state index contributed by atoms with van der Waals surface area (Å²) in [4.78, 5) is 26.5. The lowest BCUT2D eigenvalue weighted by Gasteiger charge is -2.23. The van der Waals surface area contributed by atoms with E-state index in [4.69, 9.17) is 0 Å². The number of amides is 1. The van der Waals surface area contributed by atoms with Crippen LogP contribution in [0.3, 0.4) is 0 Å². The zero-order valence-corrected chi connectivity index (χ0v) is 12.5. The maximum Gasteiger partial charge on any atom is 0.227 e. The molecule has 1 fully saturated rings. The monoisotopic (exact) mass is 285 g/mol. The summed E-state index contributed by atoms with van der Waals surface area (Å²) in [5, 5.41) is 0. The van der Waals surface area contributed by atoms with E-state index in [-0.39, 0.29) is 11.7 Å². The SMILES string of the molecule is O=C1CCCN(C(=O)CCC2CCCC2)c2ccccc21. The molecule has 0 bridgehead atoms. The Morgan fingerprint density at radius 2 is 1.90 bits per heavy atom. The summed E-state index contributed by atoms with van der Waals surface area (Å²) >= 11 is 0. The van der Waals surface area contributed by atoms with Gasteiger partial charge in [-0.05, 0) is 30.9 Å².